The summed E-state index contributed by atoms with van der Waals surface area (Å²) in [5, 5.41) is 8.08. The van der Waals surface area contributed by atoms with E-state index < -0.39 is 0 Å². The lowest BCUT2D eigenvalue weighted by molar-refractivity contribution is 0.467. The monoisotopic (exact) mass is 307 g/mol. The summed E-state index contributed by atoms with van der Waals surface area (Å²) in [6, 6.07) is 15.1. The number of nitrogens with zero attached hydrogens (tertiary/aromatic N) is 4. The van der Waals surface area contributed by atoms with Crippen molar-refractivity contribution in [1.29, 1.82) is 0 Å². The fourth-order valence-electron chi connectivity index (χ4n) is 3.22. The molecule has 1 N–H and O–H groups in total. The fourth-order valence-corrected chi connectivity index (χ4v) is 3.22. The van der Waals surface area contributed by atoms with Crippen LogP contribution < -0.4 is 10.2 Å². The first-order valence-corrected chi connectivity index (χ1v) is 8.22. The van der Waals surface area contributed by atoms with Gasteiger partial charge in [0.2, 0.25) is 0 Å². The summed E-state index contributed by atoms with van der Waals surface area (Å²) in [7, 11) is 0. The zero-order valence-electron chi connectivity index (χ0n) is 13.3. The van der Waals surface area contributed by atoms with Crippen LogP contribution in [0.15, 0.2) is 48.7 Å². The molecule has 5 nitrogen and oxygen atoms in total. The second kappa shape index (κ2) is 6.01. The van der Waals surface area contributed by atoms with Crippen molar-refractivity contribution in [3.05, 3.63) is 59.9 Å². The van der Waals surface area contributed by atoms with Gasteiger partial charge in [0, 0.05) is 43.5 Å². The zero-order valence-corrected chi connectivity index (χ0v) is 13.3. The second-order valence-electron chi connectivity index (χ2n) is 5.92. The first kappa shape index (κ1) is 14.2. The molecule has 0 amide bonds. The average molecular weight is 307 g/mol. The van der Waals surface area contributed by atoms with Crippen molar-refractivity contribution in [3.8, 4) is 0 Å². The predicted molar refractivity (Wildman–Crippen MR) is 91.8 cm³/mol. The molecule has 0 aliphatic carbocycles. The number of rotatable bonds is 3. The Hall–Kier alpha value is -2.40. The average Bonchev–Trinajstić information content (AvgIpc) is 3.10. The van der Waals surface area contributed by atoms with Gasteiger partial charge in [-0.05, 0) is 12.0 Å². The Morgan fingerprint density at radius 3 is 2.91 bits per heavy atom. The highest BCUT2D eigenvalue weighted by Crippen LogP contribution is 2.23. The molecule has 5 heteroatoms. The molecule has 4 rings (SSSR count). The largest absolute Gasteiger partial charge is 0.353 e. The van der Waals surface area contributed by atoms with E-state index in [2.05, 4.69) is 63.6 Å². The van der Waals surface area contributed by atoms with Gasteiger partial charge in [-0.1, -0.05) is 37.3 Å². The van der Waals surface area contributed by atoms with Crippen LogP contribution >= 0.6 is 0 Å². The first-order valence-electron chi connectivity index (χ1n) is 8.22. The van der Waals surface area contributed by atoms with Gasteiger partial charge in [-0.25, -0.2) is 4.98 Å². The highest BCUT2D eigenvalue weighted by atomic mass is 15.4. The third-order valence-corrected chi connectivity index (χ3v) is 4.46. The molecule has 3 heterocycles. The molecular weight excluding hydrogens is 286 g/mol. The summed E-state index contributed by atoms with van der Waals surface area (Å²) in [4.78, 5) is 7.06. The van der Waals surface area contributed by atoms with E-state index in [1.54, 1.807) is 0 Å². The Morgan fingerprint density at radius 1 is 1.22 bits per heavy atom. The summed E-state index contributed by atoms with van der Waals surface area (Å²) in [5.41, 5.74) is 3.37. The van der Waals surface area contributed by atoms with Gasteiger partial charge in [0.15, 0.2) is 5.65 Å². The van der Waals surface area contributed by atoms with Gasteiger partial charge in [0.25, 0.3) is 0 Å². The number of anilines is 1. The van der Waals surface area contributed by atoms with Crippen molar-refractivity contribution in [1.82, 2.24) is 19.9 Å². The summed E-state index contributed by atoms with van der Waals surface area (Å²) < 4.78 is 1.95. The van der Waals surface area contributed by atoms with E-state index in [4.69, 9.17) is 0 Å². The van der Waals surface area contributed by atoms with E-state index >= 15 is 0 Å². The number of fused-ring (bicyclic) bond motifs is 1. The maximum absolute atomic E-state index is 4.64. The molecule has 0 saturated carbocycles. The summed E-state index contributed by atoms with van der Waals surface area (Å²) in [6.45, 7) is 5.02. The van der Waals surface area contributed by atoms with E-state index in [1.807, 2.05) is 16.8 Å². The number of piperazine rings is 1. The third-order valence-electron chi connectivity index (χ3n) is 4.46. The van der Waals surface area contributed by atoms with Gasteiger partial charge >= 0.3 is 0 Å². The number of benzene rings is 1. The van der Waals surface area contributed by atoms with Crippen molar-refractivity contribution < 1.29 is 0 Å². The Balaban J connectivity index is 1.69. The van der Waals surface area contributed by atoms with Gasteiger partial charge in [-0.3, -0.25) is 0 Å². The van der Waals surface area contributed by atoms with E-state index in [-0.39, 0.29) is 0 Å². The van der Waals surface area contributed by atoms with Gasteiger partial charge in [0.05, 0.1) is 6.20 Å². The molecule has 0 radical (unpaired) electrons. The van der Waals surface area contributed by atoms with Crippen LogP contribution in [0.3, 0.4) is 0 Å². The lowest BCUT2D eigenvalue weighted by atomic mass is 10.0. The van der Waals surface area contributed by atoms with Gasteiger partial charge in [0.1, 0.15) is 5.82 Å². The molecule has 1 saturated heterocycles. The maximum Gasteiger partial charge on any atom is 0.157 e. The van der Waals surface area contributed by atoms with Crippen LogP contribution in [0, 0.1) is 0 Å². The molecule has 0 spiro atoms. The normalized spacial score (nSPS) is 18.5. The van der Waals surface area contributed by atoms with E-state index in [0.29, 0.717) is 6.04 Å². The lowest BCUT2D eigenvalue weighted by Crippen LogP contribution is -2.46. The zero-order chi connectivity index (χ0) is 15.6. The Labute approximate surface area is 136 Å². The van der Waals surface area contributed by atoms with Gasteiger partial charge in [-0.2, -0.15) is 9.61 Å². The molecule has 1 aromatic carbocycles. The first-order chi connectivity index (χ1) is 11.3. The molecule has 118 valence electrons. The SMILES string of the molecule is CCc1cc(N2CCNC(c3ccccc3)C2)n2nccc2n1. The molecule has 2 aromatic heterocycles. The van der Waals surface area contributed by atoms with Crippen LogP contribution in [0.2, 0.25) is 0 Å². The highest BCUT2D eigenvalue weighted by molar-refractivity contribution is 5.51. The Morgan fingerprint density at radius 2 is 2.09 bits per heavy atom. The van der Waals surface area contributed by atoms with Crippen molar-refractivity contribution in [2.24, 2.45) is 0 Å². The van der Waals surface area contributed by atoms with E-state index in [9.17, 15) is 0 Å². The molecule has 1 atom stereocenters. The summed E-state index contributed by atoms with van der Waals surface area (Å²) in [5.74, 6) is 1.14. The molecule has 23 heavy (non-hydrogen) atoms. The number of aryl methyl sites for hydroxylation is 1. The fraction of sp³-hybridized carbons (Fsp3) is 0.333. The van der Waals surface area contributed by atoms with Crippen LogP contribution in [0.4, 0.5) is 5.82 Å². The maximum atomic E-state index is 4.64. The van der Waals surface area contributed by atoms with Crippen molar-refractivity contribution in [3.63, 3.8) is 0 Å². The minimum Gasteiger partial charge on any atom is -0.353 e. The molecule has 0 bridgehead atoms. The Kier molecular flexibility index (Phi) is 3.71. The number of hydrogen-bond acceptors (Lipinski definition) is 4. The van der Waals surface area contributed by atoms with Gasteiger partial charge < -0.3 is 10.2 Å². The summed E-state index contributed by atoms with van der Waals surface area (Å²) in [6.07, 6.45) is 2.75. The third kappa shape index (κ3) is 2.68. The number of hydrogen-bond donors (Lipinski definition) is 1. The molecule has 3 aromatic rings. The molecule has 1 aliphatic rings. The number of aromatic nitrogens is 3. The molecule has 1 unspecified atom stereocenters. The van der Waals surface area contributed by atoms with Crippen LogP contribution in [-0.2, 0) is 6.42 Å². The van der Waals surface area contributed by atoms with E-state index in [0.717, 1.165) is 43.2 Å². The van der Waals surface area contributed by atoms with Crippen LogP contribution in [0.25, 0.3) is 5.65 Å². The summed E-state index contributed by atoms with van der Waals surface area (Å²) >= 11 is 0. The topological polar surface area (TPSA) is 45.5 Å². The quantitative estimate of drug-likeness (QED) is 0.807. The second-order valence-corrected chi connectivity index (χ2v) is 5.92. The van der Waals surface area contributed by atoms with Crippen LogP contribution in [0.1, 0.15) is 24.2 Å². The molecule has 1 fully saturated rings. The van der Waals surface area contributed by atoms with E-state index in [1.165, 1.54) is 5.56 Å². The lowest BCUT2D eigenvalue weighted by Gasteiger charge is -2.35. The number of nitrogens with one attached hydrogen (secondary N) is 1. The van der Waals surface area contributed by atoms with Crippen molar-refractivity contribution in [2.45, 2.75) is 19.4 Å². The minimum atomic E-state index is 0.341. The smallest absolute Gasteiger partial charge is 0.157 e. The Bertz CT molecular complexity index is 796. The van der Waals surface area contributed by atoms with Crippen LogP contribution in [-0.4, -0.2) is 34.2 Å². The van der Waals surface area contributed by atoms with Crippen molar-refractivity contribution in [2.75, 3.05) is 24.5 Å². The molecular formula is C18H21N5. The van der Waals surface area contributed by atoms with Crippen LogP contribution in [0.5, 0.6) is 0 Å². The molecule has 1 aliphatic heterocycles. The predicted octanol–water partition coefficient (Wildman–Crippen LogP) is 2.44. The van der Waals surface area contributed by atoms with Crippen molar-refractivity contribution >= 4 is 11.5 Å². The van der Waals surface area contributed by atoms with Gasteiger partial charge in [-0.15, -0.1) is 0 Å². The standard InChI is InChI=1S/C18H21N5/c1-2-15-12-18(23-17(21-15)8-9-20-23)22-11-10-19-16(13-22)14-6-4-3-5-7-14/h3-9,12,16,19H,2,10-11,13H2,1H3. The minimum absolute atomic E-state index is 0.341. The highest BCUT2D eigenvalue weighted by Gasteiger charge is 2.23.